The van der Waals surface area contributed by atoms with Crippen molar-refractivity contribution in [3.8, 4) is 0 Å². The molecular formula is C6H10O7. The number of aliphatic hydroxyl groups is 6. The lowest BCUT2D eigenvalue weighted by molar-refractivity contribution is -0.229. The van der Waals surface area contributed by atoms with Crippen molar-refractivity contribution >= 4 is 0 Å². The highest BCUT2D eigenvalue weighted by molar-refractivity contribution is 5.07. The third-order valence-corrected chi connectivity index (χ3v) is 1.70. The normalized spacial score (nSPS) is 39.8. The van der Waals surface area contributed by atoms with Gasteiger partial charge in [-0.25, -0.2) is 0 Å². The zero-order valence-electron chi connectivity index (χ0n) is 6.40. The second-order valence-corrected chi connectivity index (χ2v) is 2.62. The standard InChI is InChI=1S/C6H10O7/c7-1-2(8)4(5(10)11)13-6(12)3(1)9/h1-3,6-12H/t1-,2-,3+,6-/m0/s1. The Morgan fingerprint density at radius 3 is 2.00 bits per heavy atom. The van der Waals surface area contributed by atoms with Gasteiger partial charge in [0, 0.05) is 0 Å². The van der Waals surface area contributed by atoms with Crippen LogP contribution in [0, 0.1) is 0 Å². The van der Waals surface area contributed by atoms with Crippen LogP contribution in [0.3, 0.4) is 0 Å². The quantitative estimate of drug-likeness (QED) is 0.239. The molecule has 1 aliphatic heterocycles. The Hall–Kier alpha value is -1.02. The van der Waals surface area contributed by atoms with Crippen molar-refractivity contribution in [2.24, 2.45) is 0 Å². The maximum absolute atomic E-state index is 9.07. The van der Waals surface area contributed by atoms with E-state index >= 15 is 0 Å². The molecule has 0 unspecified atom stereocenters. The van der Waals surface area contributed by atoms with Crippen molar-refractivity contribution in [2.45, 2.75) is 24.6 Å². The Morgan fingerprint density at radius 1 is 1.00 bits per heavy atom. The summed E-state index contributed by atoms with van der Waals surface area (Å²) in [6.45, 7) is 0. The molecule has 0 aliphatic carbocycles. The van der Waals surface area contributed by atoms with Gasteiger partial charge in [-0.2, -0.15) is 0 Å². The van der Waals surface area contributed by atoms with Crippen molar-refractivity contribution in [1.82, 2.24) is 0 Å². The van der Waals surface area contributed by atoms with Crippen LogP contribution in [0.5, 0.6) is 0 Å². The van der Waals surface area contributed by atoms with Gasteiger partial charge in [0.15, 0.2) is 0 Å². The van der Waals surface area contributed by atoms with Crippen LogP contribution in [0.2, 0.25) is 0 Å². The summed E-state index contributed by atoms with van der Waals surface area (Å²) in [6, 6.07) is 0. The van der Waals surface area contributed by atoms with Crippen LogP contribution in [-0.4, -0.2) is 55.2 Å². The van der Waals surface area contributed by atoms with E-state index in [9.17, 15) is 0 Å². The van der Waals surface area contributed by atoms with E-state index in [0.29, 0.717) is 0 Å². The van der Waals surface area contributed by atoms with Crippen LogP contribution in [0.15, 0.2) is 11.7 Å². The molecule has 1 rings (SSSR count). The molecule has 1 saturated heterocycles. The first kappa shape index (κ1) is 10.1. The van der Waals surface area contributed by atoms with Crippen molar-refractivity contribution in [3.63, 3.8) is 0 Å². The van der Waals surface area contributed by atoms with E-state index in [0.717, 1.165) is 0 Å². The first-order chi connectivity index (χ1) is 5.95. The highest BCUT2D eigenvalue weighted by Crippen LogP contribution is 2.23. The average Bonchev–Trinajstić information content (AvgIpc) is 2.07. The van der Waals surface area contributed by atoms with Gasteiger partial charge in [0.25, 0.3) is 0 Å². The molecule has 0 saturated carbocycles. The molecule has 1 aliphatic rings. The monoisotopic (exact) mass is 194 g/mol. The van der Waals surface area contributed by atoms with Crippen LogP contribution in [0.25, 0.3) is 0 Å². The SMILES string of the molecule is OC(O)=C1O[C@H](O)[C@H](O)[C@@H](O)[C@@H]1O. The van der Waals surface area contributed by atoms with Crippen molar-refractivity contribution < 1.29 is 35.4 Å². The van der Waals surface area contributed by atoms with E-state index in [1.165, 1.54) is 0 Å². The van der Waals surface area contributed by atoms with Crippen LogP contribution in [-0.2, 0) is 4.74 Å². The summed E-state index contributed by atoms with van der Waals surface area (Å²) in [7, 11) is 0. The summed E-state index contributed by atoms with van der Waals surface area (Å²) in [4.78, 5) is 0. The molecule has 1 heterocycles. The summed E-state index contributed by atoms with van der Waals surface area (Å²) in [5, 5.41) is 53.0. The molecule has 76 valence electrons. The molecule has 0 aromatic rings. The van der Waals surface area contributed by atoms with E-state index in [1.54, 1.807) is 0 Å². The van der Waals surface area contributed by atoms with Crippen molar-refractivity contribution in [1.29, 1.82) is 0 Å². The fourth-order valence-electron chi connectivity index (χ4n) is 0.965. The maximum Gasteiger partial charge on any atom is 0.317 e. The first-order valence-electron chi connectivity index (χ1n) is 3.46. The lowest BCUT2D eigenvalue weighted by Crippen LogP contribution is -2.52. The lowest BCUT2D eigenvalue weighted by Gasteiger charge is -2.33. The van der Waals surface area contributed by atoms with Crippen molar-refractivity contribution in [3.05, 3.63) is 11.7 Å². The maximum atomic E-state index is 9.07. The number of hydrogen-bond donors (Lipinski definition) is 6. The smallest absolute Gasteiger partial charge is 0.317 e. The second kappa shape index (κ2) is 3.38. The molecule has 13 heavy (non-hydrogen) atoms. The van der Waals surface area contributed by atoms with Gasteiger partial charge in [0.1, 0.15) is 18.3 Å². The summed E-state index contributed by atoms with van der Waals surface area (Å²) in [6.07, 6.45) is -7.00. The highest BCUT2D eigenvalue weighted by atomic mass is 16.6. The third kappa shape index (κ3) is 1.68. The van der Waals surface area contributed by atoms with Gasteiger partial charge in [-0.05, 0) is 0 Å². The van der Waals surface area contributed by atoms with E-state index < -0.39 is 36.3 Å². The molecule has 7 heteroatoms. The molecule has 1 fully saturated rings. The van der Waals surface area contributed by atoms with Gasteiger partial charge in [-0.15, -0.1) is 0 Å². The number of rotatable bonds is 0. The minimum absolute atomic E-state index is 0.773. The van der Waals surface area contributed by atoms with E-state index in [-0.39, 0.29) is 0 Å². The van der Waals surface area contributed by atoms with E-state index in [2.05, 4.69) is 4.74 Å². The zero-order valence-corrected chi connectivity index (χ0v) is 6.40. The van der Waals surface area contributed by atoms with E-state index in [4.69, 9.17) is 30.6 Å². The molecule has 0 radical (unpaired) electrons. The fraction of sp³-hybridized carbons (Fsp3) is 0.667. The Labute approximate surface area is 72.7 Å². The fourth-order valence-corrected chi connectivity index (χ4v) is 0.965. The number of hydrogen-bond acceptors (Lipinski definition) is 7. The molecule has 7 nitrogen and oxygen atoms in total. The molecule has 6 N–H and O–H groups in total. The average molecular weight is 194 g/mol. The third-order valence-electron chi connectivity index (χ3n) is 1.70. The predicted molar refractivity (Wildman–Crippen MR) is 37.4 cm³/mol. The Balaban J connectivity index is 2.89. The van der Waals surface area contributed by atoms with E-state index in [1.807, 2.05) is 0 Å². The van der Waals surface area contributed by atoms with Crippen LogP contribution >= 0.6 is 0 Å². The minimum atomic E-state index is -1.80. The van der Waals surface area contributed by atoms with Gasteiger partial charge >= 0.3 is 5.95 Å². The predicted octanol–water partition coefficient (Wildman–Crippen LogP) is -2.30. The van der Waals surface area contributed by atoms with Gasteiger partial charge in [-0.3, -0.25) is 0 Å². The number of aliphatic hydroxyl groups excluding tert-OH is 5. The van der Waals surface area contributed by atoms with Gasteiger partial charge in [0.2, 0.25) is 12.0 Å². The minimum Gasteiger partial charge on any atom is -0.479 e. The van der Waals surface area contributed by atoms with Crippen LogP contribution in [0.4, 0.5) is 0 Å². The summed E-state index contributed by atoms with van der Waals surface area (Å²) in [5.74, 6) is -2.12. The van der Waals surface area contributed by atoms with Crippen LogP contribution < -0.4 is 0 Å². The molecular weight excluding hydrogens is 184 g/mol. The summed E-state index contributed by atoms with van der Waals surface area (Å²) in [5.41, 5.74) is 0. The Morgan fingerprint density at radius 2 is 1.54 bits per heavy atom. The highest BCUT2D eigenvalue weighted by Gasteiger charge is 2.42. The van der Waals surface area contributed by atoms with Crippen LogP contribution in [0.1, 0.15) is 0 Å². The molecule has 0 bridgehead atoms. The van der Waals surface area contributed by atoms with Crippen molar-refractivity contribution in [2.75, 3.05) is 0 Å². The molecule has 0 aromatic heterocycles. The summed E-state index contributed by atoms with van der Waals surface area (Å²) >= 11 is 0. The Kier molecular flexibility index (Phi) is 2.62. The first-order valence-corrected chi connectivity index (χ1v) is 3.46. The number of ether oxygens (including phenoxy) is 1. The van der Waals surface area contributed by atoms with Gasteiger partial charge in [-0.1, -0.05) is 0 Å². The molecule has 4 atom stereocenters. The largest absolute Gasteiger partial charge is 0.479 e. The zero-order chi connectivity index (χ0) is 10.2. The Bertz CT molecular complexity index is 221. The molecule has 0 aromatic carbocycles. The van der Waals surface area contributed by atoms with Gasteiger partial charge < -0.3 is 35.4 Å². The summed E-state index contributed by atoms with van der Waals surface area (Å²) < 4.78 is 4.32. The topological polar surface area (TPSA) is 131 Å². The molecule has 0 amide bonds. The second-order valence-electron chi connectivity index (χ2n) is 2.62. The lowest BCUT2D eigenvalue weighted by atomic mass is 10.0. The molecule has 0 spiro atoms. The van der Waals surface area contributed by atoms with Gasteiger partial charge in [0.05, 0.1) is 0 Å².